The summed E-state index contributed by atoms with van der Waals surface area (Å²) in [6.07, 6.45) is 1.78. The van der Waals surface area contributed by atoms with Gasteiger partial charge >= 0.3 is 0 Å². The zero-order chi connectivity index (χ0) is 46.1. The molecule has 3 heterocycles. The molecular weight excluding hydrogens is 769 g/mol. The van der Waals surface area contributed by atoms with Crippen LogP contribution in [0.15, 0.2) is 170 Å². The van der Waals surface area contributed by atoms with Crippen molar-refractivity contribution in [1.29, 1.82) is 0 Å². The van der Waals surface area contributed by atoms with Gasteiger partial charge in [0.05, 0.1) is 22.4 Å². The summed E-state index contributed by atoms with van der Waals surface area (Å²) in [5, 5.41) is 2.13. The highest BCUT2D eigenvalue weighted by molar-refractivity contribution is 6.11. The highest BCUT2D eigenvalue weighted by atomic mass is 16.5. The van der Waals surface area contributed by atoms with Crippen LogP contribution in [0.25, 0.3) is 49.9 Å². The fourth-order valence-electron chi connectivity index (χ4n) is 9.07. The molecule has 0 atom stereocenters. The summed E-state index contributed by atoms with van der Waals surface area (Å²) in [6, 6.07) is 56.9. The van der Waals surface area contributed by atoms with Crippen molar-refractivity contribution in [1.82, 2.24) is 9.55 Å². The van der Waals surface area contributed by atoms with Gasteiger partial charge in [-0.25, -0.2) is 4.98 Å². The van der Waals surface area contributed by atoms with Crippen LogP contribution in [0.4, 0.5) is 22.7 Å². The minimum absolute atomic E-state index is 0.0348. The van der Waals surface area contributed by atoms with Gasteiger partial charge in [-0.2, -0.15) is 0 Å². The molecule has 0 N–H and O–H groups in total. The van der Waals surface area contributed by atoms with E-state index in [4.69, 9.17) is 13.8 Å². The molecule has 312 valence electrons. The van der Waals surface area contributed by atoms with Gasteiger partial charge in [0.1, 0.15) is 24.0 Å². The smallest absolute Gasteiger partial charge is 0.138 e. The number of para-hydroxylation sites is 2. The maximum absolute atomic E-state index is 8.63. The number of fused-ring (bicyclic) bond motifs is 4. The fourth-order valence-corrected chi connectivity index (χ4v) is 9.07. The van der Waals surface area contributed by atoms with Crippen molar-refractivity contribution < 1.29 is 8.85 Å². The topological polar surface area (TPSA) is 33.5 Å². The summed E-state index contributed by atoms with van der Waals surface area (Å²) >= 11 is 0. The standard InChI is InChI=1S/C58H54N4O/c1-38-30-44(58(6,7)8)31-39(2)56(38)42-28-29-59-55(33-42)62-51-27-24-41(40-16-10-9-11-17-40)32-50(51)49-26-25-48(36-54(49)62)63-47-21-15-20-46(35-47)61-37-60(52-22-12-13-23-53(52)61)45-19-14-18-43(34-45)57(3,4)5/h9-36H,37H2,1-8H3/i1D3. The van der Waals surface area contributed by atoms with Crippen molar-refractivity contribution in [3.8, 4) is 39.6 Å². The Morgan fingerprint density at radius 1 is 0.524 bits per heavy atom. The summed E-state index contributed by atoms with van der Waals surface area (Å²) < 4.78 is 34.9. The van der Waals surface area contributed by atoms with Gasteiger partial charge in [-0.1, -0.05) is 120 Å². The van der Waals surface area contributed by atoms with Crippen LogP contribution in [-0.4, -0.2) is 16.2 Å². The Hall–Kier alpha value is -7.11. The fraction of sp³-hybridized carbons (Fsp3) is 0.190. The van der Waals surface area contributed by atoms with E-state index in [-0.39, 0.29) is 10.8 Å². The van der Waals surface area contributed by atoms with Crippen molar-refractivity contribution in [2.75, 3.05) is 16.5 Å². The van der Waals surface area contributed by atoms with Gasteiger partial charge < -0.3 is 14.5 Å². The van der Waals surface area contributed by atoms with E-state index in [0.29, 0.717) is 29.4 Å². The number of ether oxygens (including phenoxy) is 1. The lowest BCUT2D eigenvalue weighted by Crippen LogP contribution is -2.24. The molecule has 0 bridgehead atoms. The first-order valence-electron chi connectivity index (χ1n) is 23.3. The number of pyridine rings is 1. The number of anilines is 4. The lowest BCUT2D eigenvalue weighted by molar-refractivity contribution is 0.483. The van der Waals surface area contributed by atoms with Crippen molar-refractivity contribution in [3.05, 3.63) is 192 Å². The van der Waals surface area contributed by atoms with Crippen LogP contribution in [0.5, 0.6) is 11.5 Å². The second-order valence-corrected chi connectivity index (χ2v) is 18.9. The predicted octanol–water partition coefficient (Wildman–Crippen LogP) is 15.8. The highest BCUT2D eigenvalue weighted by Crippen LogP contribution is 2.46. The minimum Gasteiger partial charge on any atom is -0.457 e. The molecule has 7 aromatic carbocycles. The Kier molecular flexibility index (Phi) is 8.90. The monoisotopic (exact) mass is 825 g/mol. The van der Waals surface area contributed by atoms with Gasteiger partial charge in [-0.15, -0.1) is 0 Å². The molecule has 0 saturated carbocycles. The number of aryl methyl sites for hydroxylation is 2. The second-order valence-electron chi connectivity index (χ2n) is 18.9. The SMILES string of the molecule is [2H]C([2H])([2H])c1cc(C(C)(C)C)cc(C)c1-c1ccnc(-n2c3ccc(-c4ccccc4)cc3c3ccc(Oc4cccc(N5CN(c6cccc(C(C)(C)C)c6)c6ccccc65)c4)cc32)c1. The van der Waals surface area contributed by atoms with Gasteiger partial charge in [0.15, 0.2) is 0 Å². The zero-order valence-electron chi connectivity index (χ0n) is 40.1. The van der Waals surface area contributed by atoms with Crippen molar-refractivity contribution >= 4 is 44.6 Å². The molecule has 0 saturated heterocycles. The molecule has 2 aromatic heterocycles. The van der Waals surface area contributed by atoms with Crippen LogP contribution in [0.1, 0.15) is 67.9 Å². The van der Waals surface area contributed by atoms with Crippen LogP contribution in [0.2, 0.25) is 0 Å². The van der Waals surface area contributed by atoms with E-state index in [2.05, 4.69) is 183 Å². The summed E-state index contributed by atoms with van der Waals surface area (Å²) in [7, 11) is 0. The molecule has 5 nitrogen and oxygen atoms in total. The van der Waals surface area contributed by atoms with E-state index in [9.17, 15) is 0 Å². The molecule has 1 aliphatic rings. The first-order chi connectivity index (χ1) is 31.5. The molecule has 0 unspecified atom stereocenters. The maximum atomic E-state index is 8.63. The van der Waals surface area contributed by atoms with Crippen molar-refractivity contribution in [3.63, 3.8) is 0 Å². The van der Waals surface area contributed by atoms with Crippen LogP contribution in [0, 0.1) is 13.8 Å². The largest absolute Gasteiger partial charge is 0.457 e. The quantitative estimate of drug-likeness (QED) is 0.160. The molecule has 5 heteroatoms. The summed E-state index contributed by atoms with van der Waals surface area (Å²) in [4.78, 5) is 9.69. The molecule has 0 aliphatic carbocycles. The summed E-state index contributed by atoms with van der Waals surface area (Å²) in [5.41, 5.74) is 13.5. The minimum atomic E-state index is -2.31. The van der Waals surface area contributed by atoms with E-state index >= 15 is 0 Å². The Bertz CT molecular complexity index is 3300. The van der Waals surface area contributed by atoms with Gasteiger partial charge in [0.2, 0.25) is 0 Å². The summed E-state index contributed by atoms with van der Waals surface area (Å²) in [6.45, 7) is 13.5. The Labute approximate surface area is 376 Å². The van der Waals surface area contributed by atoms with Crippen LogP contribution >= 0.6 is 0 Å². The summed E-state index contributed by atoms with van der Waals surface area (Å²) in [5.74, 6) is 2.09. The lowest BCUT2D eigenvalue weighted by Gasteiger charge is -2.25. The molecule has 0 amide bonds. The maximum Gasteiger partial charge on any atom is 0.138 e. The molecule has 0 radical (unpaired) electrons. The molecule has 63 heavy (non-hydrogen) atoms. The van der Waals surface area contributed by atoms with Gasteiger partial charge in [0, 0.05) is 44.6 Å². The van der Waals surface area contributed by atoms with Crippen LogP contribution < -0.4 is 14.5 Å². The van der Waals surface area contributed by atoms with Gasteiger partial charge in [-0.3, -0.25) is 4.57 Å². The van der Waals surface area contributed by atoms with E-state index < -0.39 is 6.85 Å². The number of hydrogen-bond donors (Lipinski definition) is 0. The number of benzene rings is 7. The normalized spacial score (nSPS) is 13.9. The predicted molar refractivity (Wildman–Crippen MR) is 265 cm³/mol. The third kappa shape index (κ3) is 7.42. The van der Waals surface area contributed by atoms with Gasteiger partial charge in [-0.05, 0) is 142 Å². The Morgan fingerprint density at radius 2 is 1.21 bits per heavy atom. The van der Waals surface area contributed by atoms with E-state index in [1.165, 1.54) is 5.56 Å². The van der Waals surface area contributed by atoms with Gasteiger partial charge in [0.25, 0.3) is 0 Å². The number of nitrogens with zero attached hydrogens (tertiary/aromatic N) is 4. The molecule has 0 fully saturated rings. The average Bonchev–Trinajstić information content (AvgIpc) is 3.84. The van der Waals surface area contributed by atoms with Crippen LogP contribution in [-0.2, 0) is 10.8 Å². The number of hydrogen-bond acceptors (Lipinski definition) is 4. The molecule has 0 spiro atoms. The van der Waals surface area contributed by atoms with E-state index in [1.807, 2.05) is 43.3 Å². The van der Waals surface area contributed by atoms with Crippen molar-refractivity contribution in [2.24, 2.45) is 0 Å². The van der Waals surface area contributed by atoms with E-state index in [1.54, 1.807) is 6.20 Å². The molecule has 1 aliphatic heterocycles. The van der Waals surface area contributed by atoms with E-state index in [0.717, 1.165) is 78.1 Å². The average molecular weight is 826 g/mol. The first kappa shape index (κ1) is 36.5. The third-order valence-corrected chi connectivity index (χ3v) is 12.4. The first-order valence-corrected chi connectivity index (χ1v) is 21.8. The molecular formula is C58H54N4O. The highest BCUT2D eigenvalue weighted by Gasteiger charge is 2.29. The van der Waals surface area contributed by atoms with Crippen LogP contribution in [0.3, 0.4) is 0 Å². The zero-order valence-corrected chi connectivity index (χ0v) is 37.1. The Morgan fingerprint density at radius 3 is 1.94 bits per heavy atom. The molecule has 10 rings (SSSR count). The lowest BCUT2D eigenvalue weighted by atomic mass is 9.83. The number of aromatic nitrogens is 2. The second kappa shape index (κ2) is 15.4. The molecule has 9 aromatic rings. The third-order valence-electron chi connectivity index (χ3n) is 12.4. The van der Waals surface area contributed by atoms with Crippen molar-refractivity contribution in [2.45, 2.75) is 66.1 Å². The number of rotatable bonds is 7. The Balaban J connectivity index is 1.06.